The standard InChI is InChI=1S/C38H72N2O12/c1-15-27-38(10,45)31(41)24(6)40(12)19-20(2)17-36(8,44)33(52-35-30(46-13)26(39-11)16-21(3)48-35)22(4)29(23(5)34(43)50-27)51-28-18-37(9,47-14)32(42)25(7)49-28/h20-33,35,39,41-42,44-45H,15-19H2,1-14H3/t20-,21-,22+,23-,24-,25+,26+,27-,28+,29+,30-,31-,32+,33-,35+,36-,37-,38-/m1/s1. The van der Waals surface area contributed by atoms with Crippen LogP contribution in [0.1, 0.15) is 94.9 Å². The average Bonchev–Trinajstić information content (AvgIpc) is 3.07. The monoisotopic (exact) mass is 749 g/mol. The maximum Gasteiger partial charge on any atom is 0.311 e. The molecule has 14 nitrogen and oxygen atoms in total. The first kappa shape index (κ1) is 45.4. The Morgan fingerprint density at radius 2 is 1.58 bits per heavy atom. The van der Waals surface area contributed by atoms with Crippen LogP contribution in [-0.4, -0.2) is 156 Å². The zero-order valence-electron chi connectivity index (χ0n) is 34.2. The number of likely N-dealkylation sites (N-methyl/N-ethyl adjacent to an activating group) is 2. The number of rotatable bonds is 8. The minimum Gasteiger partial charge on any atom is -0.459 e. The Balaban J connectivity index is 2.18. The van der Waals surface area contributed by atoms with Gasteiger partial charge in [-0.25, -0.2) is 0 Å². The van der Waals surface area contributed by atoms with Gasteiger partial charge in [-0.3, -0.25) is 4.79 Å². The molecule has 18 atom stereocenters. The number of nitrogens with one attached hydrogen (secondary N) is 1. The fourth-order valence-electron chi connectivity index (χ4n) is 8.79. The van der Waals surface area contributed by atoms with Crippen LogP contribution in [0.4, 0.5) is 0 Å². The van der Waals surface area contributed by atoms with E-state index in [0.29, 0.717) is 13.0 Å². The van der Waals surface area contributed by atoms with Crippen LogP contribution in [-0.2, 0) is 38.0 Å². The van der Waals surface area contributed by atoms with E-state index in [9.17, 15) is 25.2 Å². The smallest absolute Gasteiger partial charge is 0.311 e. The Morgan fingerprint density at radius 3 is 2.13 bits per heavy atom. The molecule has 0 aromatic heterocycles. The van der Waals surface area contributed by atoms with Crippen molar-refractivity contribution in [3.8, 4) is 0 Å². The van der Waals surface area contributed by atoms with Crippen molar-refractivity contribution in [1.82, 2.24) is 10.2 Å². The molecule has 14 heteroatoms. The number of hydrogen-bond donors (Lipinski definition) is 5. The van der Waals surface area contributed by atoms with E-state index in [2.05, 4.69) is 5.32 Å². The number of esters is 1. The van der Waals surface area contributed by atoms with Crippen molar-refractivity contribution >= 4 is 5.97 Å². The summed E-state index contributed by atoms with van der Waals surface area (Å²) in [6, 6.07) is -0.606. The summed E-state index contributed by atoms with van der Waals surface area (Å²) in [5.74, 6) is -2.44. The molecule has 306 valence electrons. The van der Waals surface area contributed by atoms with Gasteiger partial charge in [0.1, 0.15) is 30.0 Å². The van der Waals surface area contributed by atoms with E-state index in [0.717, 1.165) is 0 Å². The predicted octanol–water partition coefficient (Wildman–Crippen LogP) is 2.21. The van der Waals surface area contributed by atoms with Gasteiger partial charge in [-0.1, -0.05) is 20.8 Å². The van der Waals surface area contributed by atoms with Crippen LogP contribution in [0.3, 0.4) is 0 Å². The molecule has 3 aliphatic rings. The van der Waals surface area contributed by atoms with Gasteiger partial charge >= 0.3 is 5.97 Å². The van der Waals surface area contributed by atoms with E-state index < -0.39 is 96.0 Å². The van der Waals surface area contributed by atoms with Gasteiger partial charge in [0.25, 0.3) is 0 Å². The quantitative estimate of drug-likeness (QED) is 0.228. The minimum atomic E-state index is -1.79. The fraction of sp³-hybridized carbons (Fsp3) is 0.974. The van der Waals surface area contributed by atoms with Gasteiger partial charge in [0.15, 0.2) is 12.6 Å². The summed E-state index contributed by atoms with van der Waals surface area (Å²) in [5, 5.41) is 50.0. The molecule has 3 heterocycles. The summed E-state index contributed by atoms with van der Waals surface area (Å²) >= 11 is 0. The largest absolute Gasteiger partial charge is 0.459 e. The molecule has 0 radical (unpaired) electrons. The average molecular weight is 749 g/mol. The highest BCUT2D eigenvalue weighted by atomic mass is 16.7. The van der Waals surface area contributed by atoms with Crippen LogP contribution in [0.25, 0.3) is 0 Å². The lowest BCUT2D eigenvalue weighted by molar-refractivity contribution is -0.317. The second-order valence-corrected chi connectivity index (χ2v) is 16.7. The van der Waals surface area contributed by atoms with Gasteiger partial charge in [0, 0.05) is 45.2 Å². The zero-order valence-corrected chi connectivity index (χ0v) is 34.2. The van der Waals surface area contributed by atoms with Crippen molar-refractivity contribution in [1.29, 1.82) is 0 Å². The van der Waals surface area contributed by atoms with E-state index in [-0.39, 0.29) is 37.3 Å². The highest BCUT2D eigenvalue weighted by Crippen LogP contribution is 2.40. The molecule has 3 rings (SSSR count). The van der Waals surface area contributed by atoms with Crippen molar-refractivity contribution in [2.75, 3.05) is 34.9 Å². The Morgan fingerprint density at radius 1 is 0.942 bits per heavy atom. The van der Waals surface area contributed by atoms with Crippen molar-refractivity contribution < 1.29 is 58.4 Å². The van der Waals surface area contributed by atoms with Crippen molar-refractivity contribution in [2.24, 2.45) is 17.8 Å². The number of ether oxygens (including phenoxy) is 7. The van der Waals surface area contributed by atoms with Crippen LogP contribution < -0.4 is 5.32 Å². The first-order valence-electron chi connectivity index (χ1n) is 19.2. The van der Waals surface area contributed by atoms with Gasteiger partial charge in [-0.2, -0.15) is 0 Å². The number of aliphatic hydroxyl groups excluding tert-OH is 2. The topological polar surface area (TPSA) is 178 Å². The highest BCUT2D eigenvalue weighted by Gasteiger charge is 2.52. The van der Waals surface area contributed by atoms with Crippen LogP contribution in [0.2, 0.25) is 0 Å². The third kappa shape index (κ3) is 10.0. The maximum atomic E-state index is 14.2. The Hall–Kier alpha value is -1.01. The Bertz CT molecular complexity index is 1130. The van der Waals surface area contributed by atoms with Crippen LogP contribution in [0.15, 0.2) is 0 Å². The normalized spacial score (nSPS) is 49.5. The number of hydrogen-bond acceptors (Lipinski definition) is 14. The molecule has 0 spiro atoms. The van der Waals surface area contributed by atoms with E-state index in [1.54, 1.807) is 41.7 Å². The zero-order chi connectivity index (χ0) is 39.5. The predicted molar refractivity (Wildman–Crippen MR) is 194 cm³/mol. The van der Waals surface area contributed by atoms with Gasteiger partial charge < -0.3 is 63.8 Å². The molecule has 3 fully saturated rings. The minimum absolute atomic E-state index is 0.0863. The molecule has 0 bridgehead atoms. The highest BCUT2D eigenvalue weighted by molar-refractivity contribution is 5.73. The Labute approximate surface area is 312 Å². The molecule has 0 unspecified atom stereocenters. The summed E-state index contributed by atoms with van der Waals surface area (Å²) in [6.07, 6.45) is -6.95. The van der Waals surface area contributed by atoms with E-state index in [1.807, 2.05) is 46.7 Å². The van der Waals surface area contributed by atoms with Crippen molar-refractivity contribution in [3.05, 3.63) is 0 Å². The lowest BCUT2D eigenvalue weighted by Gasteiger charge is -2.48. The molecule has 52 heavy (non-hydrogen) atoms. The number of aliphatic hydroxyl groups is 4. The molecule has 3 saturated heterocycles. The summed E-state index contributed by atoms with van der Waals surface area (Å²) in [6.45, 7) is 18.3. The molecule has 0 aliphatic carbocycles. The molecule has 5 N–H and O–H groups in total. The summed E-state index contributed by atoms with van der Waals surface area (Å²) in [4.78, 5) is 16.2. The Kier molecular flexibility index (Phi) is 16.0. The second-order valence-electron chi connectivity index (χ2n) is 16.7. The molecule has 0 aromatic carbocycles. The summed E-state index contributed by atoms with van der Waals surface area (Å²) in [7, 11) is 6.84. The molecule has 0 amide bonds. The van der Waals surface area contributed by atoms with Gasteiger partial charge in [-0.15, -0.1) is 0 Å². The maximum absolute atomic E-state index is 14.2. The third-order valence-electron chi connectivity index (χ3n) is 12.2. The number of carbonyl (C=O) groups is 1. The molecule has 3 aliphatic heterocycles. The molecular formula is C38H72N2O12. The first-order valence-corrected chi connectivity index (χ1v) is 19.2. The van der Waals surface area contributed by atoms with E-state index in [4.69, 9.17) is 33.2 Å². The number of cyclic esters (lactones) is 1. The van der Waals surface area contributed by atoms with E-state index >= 15 is 0 Å². The number of methoxy groups -OCH3 is 2. The van der Waals surface area contributed by atoms with Gasteiger partial charge in [-0.05, 0) is 87.7 Å². The summed E-state index contributed by atoms with van der Waals surface area (Å²) < 4.78 is 43.8. The molecule has 0 saturated carbocycles. The number of carbonyl (C=O) groups excluding carboxylic acids is 1. The summed E-state index contributed by atoms with van der Waals surface area (Å²) in [5.41, 5.74) is -4.29. The first-order chi connectivity index (χ1) is 24.1. The second kappa shape index (κ2) is 18.3. The lowest BCUT2D eigenvalue weighted by atomic mass is 9.77. The number of nitrogens with zero attached hydrogens (tertiary/aromatic N) is 1. The SMILES string of the molecule is CC[C@H]1OC(=O)[C@H](C)[C@@H](O[C@H]2C[C@@](C)(OC)[C@@H](O)[C@H](C)O2)[C@H](C)[C@@H](O[C@@H]2O[C@H](C)C[C@H](NC)[C@H]2OC)[C@](C)(O)C[C@@H](C)CN(C)[C@H](C)[C@@H](O)[C@]1(C)O. The van der Waals surface area contributed by atoms with E-state index in [1.165, 1.54) is 14.0 Å². The molecule has 0 aromatic rings. The van der Waals surface area contributed by atoms with Crippen LogP contribution in [0, 0.1) is 17.8 Å². The van der Waals surface area contributed by atoms with Gasteiger partial charge in [0.05, 0.1) is 41.5 Å². The molecular weight excluding hydrogens is 676 g/mol. The fourth-order valence-corrected chi connectivity index (χ4v) is 8.79. The lowest BCUT2D eigenvalue weighted by Crippen LogP contribution is -2.60. The van der Waals surface area contributed by atoms with Crippen LogP contribution in [0.5, 0.6) is 0 Å². The van der Waals surface area contributed by atoms with Crippen molar-refractivity contribution in [3.63, 3.8) is 0 Å². The van der Waals surface area contributed by atoms with Crippen LogP contribution >= 0.6 is 0 Å². The van der Waals surface area contributed by atoms with Crippen molar-refractivity contribution in [2.45, 2.75) is 185 Å². The third-order valence-corrected chi connectivity index (χ3v) is 12.2. The van der Waals surface area contributed by atoms with Gasteiger partial charge in [0.2, 0.25) is 0 Å².